The predicted molar refractivity (Wildman–Crippen MR) is 69.8 cm³/mol. The molecule has 1 atom stereocenters. The molecule has 0 saturated heterocycles. The van der Waals surface area contributed by atoms with Gasteiger partial charge in [0.05, 0.1) is 10.6 Å². The first-order valence-electron chi connectivity index (χ1n) is 5.01. The first-order chi connectivity index (χ1) is 7.95. The lowest BCUT2D eigenvalue weighted by Crippen LogP contribution is -2.06. The van der Waals surface area contributed by atoms with E-state index in [0.717, 1.165) is 0 Å². The molecule has 0 amide bonds. The van der Waals surface area contributed by atoms with Crippen molar-refractivity contribution in [2.75, 3.05) is 18.1 Å². The van der Waals surface area contributed by atoms with Gasteiger partial charge in [0.2, 0.25) is 0 Å². The van der Waals surface area contributed by atoms with Crippen LogP contribution in [-0.4, -0.2) is 28.5 Å². The lowest BCUT2D eigenvalue weighted by atomic mass is 10.2. The molecule has 0 bridgehead atoms. The number of aromatic carboxylic acids is 1. The highest BCUT2D eigenvalue weighted by Gasteiger charge is 2.16. The molecule has 17 heavy (non-hydrogen) atoms. The van der Waals surface area contributed by atoms with E-state index in [1.165, 1.54) is 23.9 Å². The summed E-state index contributed by atoms with van der Waals surface area (Å²) in [6.45, 7) is 1.93. The van der Waals surface area contributed by atoms with Crippen molar-refractivity contribution in [2.45, 2.75) is 11.8 Å². The number of thioether (sulfide) groups is 1. The van der Waals surface area contributed by atoms with Crippen molar-refractivity contribution in [1.82, 2.24) is 0 Å². The van der Waals surface area contributed by atoms with Crippen LogP contribution in [0.25, 0.3) is 0 Å². The zero-order chi connectivity index (χ0) is 13.0. The summed E-state index contributed by atoms with van der Waals surface area (Å²) < 4.78 is 0. The monoisotopic (exact) mass is 275 g/mol. The average Bonchev–Trinajstić information content (AvgIpc) is 2.26. The van der Waals surface area contributed by atoms with Crippen molar-refractivity contribution in [3.8, 4) is 0 Å². The van der Waals surface area contributed by atoms with Crippen LogP contribution in [-0.2, 0) is 0 Å². The Morgan fingerprint density at radius 3 is 2.76 bits per heavy atom. The third-order valence-electron chi connectivity index (χ3n) is 2.12. The molecular formula is C11H14ClNO3S. The van der Waals surface area contributed by atoms with Crippen LogP contribution in [0.5, 0.6) is 0 Å². The average molecular weight is 276 g/mol. The maximum atomic E-state index is 11.1. The molecule has 0 saturated carbocycles. The molecule has 1 unspecified atom stereocenters. The summed E-state index contributed by atoms with van der Waals surface area (Å²) >= 11 is 7.29. The van der Waals surface area contributed by atoms with E-state index >= 15 is 0 Å². The molecule has 0 aliphatic rings. The zero-order valence-corrected chi connectivity index (χ0v) is 10.9. The van der Waals surface area contributed by atoms with Gasteiger partial charge in [-0.25, -0.2) is 4.79 Å². The summed E-state index contributed by atoms with van der Waals surface area (Å²) in [6, 6.07) is 2.92. The normalized spacial score (nSPS) is 12.4. The van der Waals surface area contributed by atoms with Gasteiger partial charge in [0.15, 0.2) is 0 Å². The summed E-state index contributed by atoms with van der Waals surface area (Å²) in [5.74, 6) is -0.380. The van der Waals surface area contributed by atoms with Crippen LogP contribution < -0.4 is 5.73 Å². The first-order valence-corrected chi connectivity index (χ1v) is 6.38. The van der Waals surface area contributed by atoms with Crippen LogP contribution in [0.2, 0.25) is 5.02 Å². The van der Waals surface area contributed by atoms with E-state index < -0.39 is 5.97 Å². The molecule has 1 aromatic rings. The highest BCUT2D eigenvalue weighted by Crippen LogP contribution is 2.34. The Hall–Kier alpha value is -0.910. The van der Waals surface area contributed by atoms with Gasteiger partial charge in [-0.2, -0.15) is 0 Å². The minimum Gasteiger partial charge on any atom is -0.478 e. The van der Waals surface area contributed by atoms with Gasteiger partial charge in [-0.05, 0) is 18.1 Å². The second kappa shape index (κ2) is 6.14. The van der Waals surface area contributed by atoms with E-state index in [1.807, 2.05) is 6.92 Å². The van der Waals surface area contributed by atoms with Gasteiger partial charge in [-0.1, -0.05) is 18.5 Å². The Morgan fingerprint density at radius 2 is 2.24 bits per heavy atom. The second-order valence-corrected chi connectivity index (χ2v) is 5.22. The van der Waals surface area contributed by atoms with E-state index in [0.29, 0.717) is 21.4 Å². The summed E-state index contributed by atoms with van der Waals surface area (Å²) in [5.41, 5.74) is 5.98. The summed E-state index contributed by atoms with van der Waals surface area (Å²) in [4.78, 5) is 11.6. The highest BCUT2D eigenvalue weighted by molar-refractivity contribution is 7.99. The fourth-order valence-electron chi connectivity index (χ4n) is 1.20. The second-order valence-electron chi connectivity index (χ2n) is 3.78. The lowest BCUT2D eigenvalue weighted by Gasteiger charge is -2.11. The SMILES string of the molecule is CC(CO)CSc1c(Cl)cc(N)cc1C(=O)O. The largest absolute Gasteiger partial charge is 0.478 e. The number of carbonyl (C=O) groups is 1. The van der Waals surface area contributed by atoms with Crippen molar-refractivity contribution in [3.05, 3.63) is 22.7 Å². The lowest BCUT2D eigenvalue weighted by molar-refractivity contribution is 0.0693. The maximum Gasteiger partial charge on any atom is 0.336 e. The number of halogens is 1. The van der Waals surface area contributed by atoms with E-state index in [9.17, 15) is 4.79 Å². The standard InChI is InChI=1S/C11H14ClNO3S/c1-6(4-14)5-17-10-8(11(15)16)2-7(13)3-9(10)12/h2-3,6,14H,4-5,13H2,1H3,(H,15,16). The first kappa shape index (κ1) is 14.2. The summed E-state index contributed by atoms with van der Waals surface area (Å²) in [6.07, 6.45) is 0. The smallest absolute Gasteiger partial charge is 0.336 e. The van der Waals surface area contributed by atoms with Gasteiger partial charge in [0, 0.05) is 22.9 Å². The zero-order valence-electron chi connectivity index (χ0n) is 9.31. The van der Waals surface area contributed by atoms with E-state index in [-0.39, 0.29) is 18.1 Å². The minimum absolute atomic E-state index is 0.0575. The summed E-state index contributed by atoms with van der Waals surface area (Å²) in [7, 11) is 0. The molecule has 0 aromatic heterocycles. The highest BCUT2D eigenvalue weighted by atomic mass is 35.5. The molecule has 6 heteroatoms. The number of aliphatic hydroxyl groups excluding tert-OH is 1. The van der Waals surface area contributed by atoms with Crippen LogP contribution in [0.1, 0.15) is 17.3 Å². The fraction of sp³-hybridized carbons (Fsp3) is 0.364. The molecule has 0 heterocycles. The Balaban J connectivity index is 3.00. The number of anilines is 1. The van der Waals surface area contributed by atoms with Crippen molar-refractivity contribution >= 4 is 35.0 Å². The topological polar surface area (TPSA) is 83.5 Å². The number of benzene rings is 1. The number of carboxylic acids is 1. The van der Waals surface area contributed by atoms with Crippen molar-refractivity contribution in [2.24, 2.45) is 5.92 Å². The number of rotatable bonds is 5. The molecule has 4 N–H and O–H groups in total. The number of carboxylic acid groups (broad SMARTS) is 1. The third-order valence-corrected chi connectivity index (χ3v) is 3.99. The molecule has 0 spiro atoms. The van der Waals surface area contributed by atoms with E-state index in [4.69, 9.17) is 27.5 Å². The predicted octanol–water partition coefficient (Wildman–Crippen LogP) is 2.34. The van der Waals surface area contributed by atoms with Crippen LogP contribution >= 0.6 is 23.4 Å². The molecule has 1 rings (SSSR count). The van der Waals surface area contributed by atoms with Gasteiger partial charge in [0.1, 0.15) is 0 Å². The van der Waals surface area contributed by atoms with Gasteiger partial charge in [0.25, 0.3) is 0 Å². The molecule has 0 fully saturated rings. The molecular weight excluding hydrogens is 262 g/mol. The number of nitrogens with two attached hydrogens (primary N) is 1. The molecule has 4 nitrogen and oxygen atoms in total. The van der Waals surface area contributed by atoms with Gasteiger partial charge >= 0.3 is 5.97 Å². The molecule has 0 aliphatic heterocycles. The van der Waals surface area contributed by atoms with Gasteiger partial charge < -0.3 is 15.9 Å². The van der Waals surface area contributed by atoms with E-state index in [1.54, 1.807) is 0 Å². The molecule has 0 radical (unpaired) electrons. The van der Waals surface area contributed by atoms with Crippen LogP contribution in [0.3, 0.4) is 0 Å². The fourth-order valence-corrected chi connectivity index (χ4v) is 2.64. The van der Waals surface area contributed by atoms with E-state index in [2.05, 4.69) is 0 Å². The Morgan fingerprint density at radius 1 is 1.59 bits per heavy atom. The third kappa shape index (κ3) is 3.80. The van der Waals surface area contributed by atoms with Crippen molar-refractivity contribution in [1.29, 1.82) is 0 Å². The van der Waals surface area contributed by atoms with Gasteiger partial charge in [-0.15, -0.1) is 11.8 Å². The van der Waals surface area contributed by atoms with Gasteiger partial charge in [-0.3, -0.25) is 0 Å². The number of nitrogen functional groups attached to an aromatic ring is 1. The number of hydrogen-bond donors (Lipinski definition) is 3. The number of hydrogen-bond acceptors (Lipinski definition) is 4. The Labute approximate surface area is 109 Å². The Bertz CT molecular complexity index is 425. The minimum atomic E-state index is -1.06. The molecule has 0 aliphatic carbocycles. The molecule has 94 valence electrons. The number of aliphatic hydroxyl groups is 1. The summed E-state index contributed by atoms with van der Waals surface area (Å²) in [5, 5.41) is 18.3. The van der Waals surface area contributed by atoms with Crippen LogP contribution in [0, 0.1) is 5.92 Å². The Kier molecular flexibility index (Phi) is 5.11. The maximum absolute atomic E-state index is 11.1. The van der Waals surface area contributed by atoms with Crippen LogP contribution in [0.4, 0.5) is 5.69 Å². The van der Waals surface area contributed by atoms with Crippen molar-refractivity contribution in [3.63, 3.8) is 0 Å². The quantitative estimate of drug-likeness (QED) is 0.567. The van der Waals surface area contributed by atoms with Crippen LogP contribution in [0.15, 0.2) is 17.0 Å². The molecule has 1 aromatic carbocycles. The van der Waals surface area contributed by atoms with Crippen molar-refractivity contribution < 1.29 is 15.0 Å².